The first kappa shape index (κ1) is 29.5. The predicted molar refractivity (Wildman–Crippen MR) is 151 cm³/mol. The van der Waals surface area contributed by atoms with E-state index >= 15 is 0 Å². The molecule has 2 heterocycles. The van der Waals surface area contributed by atoms with Crippen molar-refractivity contribution in [1.29, 1.82) is 0 Å². The molecule has 9 nitrogen and oxygen atoms in total. The van der Waals surface area contributed by atoms with E-state index in [0.717, 1.165) is 12.1 Å². The molecule has 1 fully saturated rings. The normalized spacial score (nSPS) is 16.8. The van der Waals surface area contributed by atoms with Gasteiger partial charge in [-0.05, 0) is 43.5 Å². The summed E-state index contributed by atoms with van der Waals surface area (Å²) < 4.78 is 40.0. The number of anilines is 2. The van der Waals surface area contributed by atoms with E-state index in [0.29, 0.717) is 47.5 Å². The zero-order chi connectivity index (χ0) is 28.8. The summed E-state index contributed by atoms with van der Waals surface area (Å²) in [6.07, 6.45) is 4.87. The fraction of sp³-hybridized carbons (Fsp3) is 0.333. The molecular formula is C27H28ClF2N5O4S. The largest absolute Gasteiger partial charge is 0.493 e. The van der Waals surface area contributed by atoms with E-state index in [1.807, 2.05) is 6.26 Å². The molecule has 1 aliphatic rings. The molecule has 0 bridgehead atoms. The number of thioether (sulfide) groups is 1. The topological polar surface area (TPSA) is 106 Å². The van der Waals surface area contributed by atoms with Gasteiger partial charge in [-0.3, -0.25) is 14.5 Å². The molecule has 2 aromatic carbocycles. The average Bonchev–Trinajstić information content (AvgIpc) is 2.97. The fourth-order valence-corrected chi connectivity index (χ4v) is 4.86. The van der Waals surface area contributed by atoms with Crippen molar-refractivity contribution in [2.45, 2.75) is 25.0 Å². The maximum atomic E-state index is 14.6. The van der Waals surface area contributed by atoms with Crippen molar-refractivity contribution in [3.63, 3.8) is 0 Å². The first-order valence-corrected chi connectivity index (χ1v) is 14.1. The number of fused-ring (bicyclic) bond motifs is 1. The number of nitrogens with one attached hydrogen (secondary N) is 2. The monoisotopic (exact) mass is 591 g/mol. The van der Waals surface area contributed by atoms with Crippen LogP contribution in [0.5, 0.6) is 11.5 Å². The number of benzene rings is 2. The highest BCUT2D eigenvalue weighted by Crippen LogP contribution is 2.37. The predicted octanol–water partition coefficient (Wildman–Crippen LogP) is 4.72. The van der Waals surface area contributed by atoms with Gasteiger partial charge in [-0.2, -0.15) is 11.8 Å². The summed E-state index contributed by atoms with van der Waals surface area (Å²) in [5, 5.41) is 5.88. The van der Waals surface area contributed by atoms with Crippen LogP contribution in [0.1, 0.15) is 12.8 Å². The number of imide groups is 1. The Balaban J connectivity index is 1.59. The van der Waals surface area contributed by atoms with Crippen molar-refractivity contribution in [3.8, 4) is 11.5 Å². The van der Waals surface area contributed by atoms with E-state index in [9.17, 15) is 18.4 Å². The van der Waals surface area contributed by atoms with Gasteiger partial charge in [0.2, 0.25) is 5.91 Å². The number of nitrogens with zero attached hydrogens (tertiary/aromatic N) is 3. The van der Waals surface area contributed by atoms with Gasteiger partial charge < -0.3 is 20.1 Å². The van der Waals surface area contributed by atoms with Crippen molar-refractivity contribution in [2.24, 2.45) is 0 Å². The third-order valence-electron chi connectivity index (χ3n) is 6.38. The van der Waals surface area contributed by atoms with Crippen molar-refractivity contribution in [2.75, 3.05) is 37.5 Å². The number of piperidine rings is 1. The van der Waals surface area contributed by atoms with Crippen molar-refractivity contribution in [3.05, 3.63) is 59.9 Å². The Hall–Kier alpha value is -3.48. The Morgan fingerprint density at radius 2 is 2.10 bits per heavy atom. The minimum absolute atomic E-state index is 0.0653. The molecule has 2 amide bonds. The van der Waals surface area contributed by atoms with Gasteiger partial charge in [0, 0.05) is 30.2 Å². The van der Waals surface area contributed by atoms with Crippen LogP contribution in [0.2, 0.25) is 5.02 Å². The summed E-state index contributed by atoms with van der Waals surface area (Å²) in [6.45, 7) is 4.29. The fourth-order valence-electron chi connectivity index (χ4n) is 4.33. The molecule has 1 aromatic heterocycles. The summed E-state index contributed by atoms with van der Waals surface area (Å²) >= 11 is 7.26. The number of carbonyl (C=O) groups excluding carboxylic acids is 2. The first-order valence-electron chi connectivity index (χ1n) is 12.4. The van der Waals surface area contributed by atoms with Crippen LogP contribution in [0.3, 0.4) is 0 Å². The molecule has 2 N–H and O–H groups in total. The number of aromatic nitrogens is 2. The highest BCUT2D eigenvalue weighted by Gasteiger charge is 2.33. The average molecular weight is 592 g/mol. The second-order valence-electron chi connectivity index (χ2n) is 8.89. The van der Waals surface area contributed by atoms with E-state index in [2.05, 4.69) is 27.2 Å². The smallest absolute Gasteiger partial charge is 0.252 e. The van der Waals surface area contributed by atoms with E-state index in [1.54, 1.807) is 12.1 Å². The van der Waals surface area contributed by atoms with Crippen LogP contribution in [0, 0.1) is 11.6 Å². The number of rotatable bonds is 10. The van der Waals surface area contributed by atoms with Crippen LogP contribution < -0.4 is 20.1 Å². The second-order valence-corrected chi connectivity index (χ2v) is 10.2. The minimum atomic E-state index is -0.953. The number of carbonyl (C=O) groups is 2. The molecule has 212 valence electrons. The molecule has 4 rings (SSSR count). The van der Waals surface area contributed by atoms with Gasteiger partial charge in [0.1, 0.15) is 29.1 Å². The summed E-state index contributed by atoms with van der Waals surface area (Å²) in [6, 6.07) is 4.96. The molecule has 0 spiro atoms. The second kappa shape index (κ2) is 13.2. The molecule has 0 saturated carbocycles. The van der Waals surface area contributed by atoms with E-state index in [-0.39, 0.29) is 30.1 Å². The quantitative estimate of drug-likeness (QED) is 0.256. The number of halogens is 3. The van der Waals surface area contributed by atoms with Gasteiger partial charge >= 0.3 is 0 Å². The van der Waals surface area contributed by atoms with Crippen molar-refractivity contribution in [1.82, 2.24) is 20.2 Å². The van der Waals surface area contributed by atoms with Crippen LogP contribution in [0.4, 0.5) is 20.3 Å². The Morgan fingerprint density at radius 1 is 1.30 bits per heavy atom. The van der Waals surface area contributed by atoms with Crippen LogP contribution in [-0.4, -0.2) is 71.0 Å². The molecule has 13 heteroatoms. The van der Waals surface area contributed by atoms with Gasteiger partial charge in [-0.15, -0.1) is 0 Å². The highest BCUT2D eigenvalue weighted by molar-refractivity contribution is 7.98. The SMILES string of the molecule is C=CC(=O)N(CCSC)C(=O)[C@@H]1C[C@@H](Oc2cc3c(Nc4ccc(F)c(Cl)c4F)ncnc3cc2OC)CCN1. The van der Waals surface area contributed by atoms with Crippen molar-refractivity contribution >= 4 is 57.6 Å². The summed E-state index contributed by atoms with van der Waals surface area (Å²) in [5.74, 6) is -0.994. The van der Waals surface area contributed by atoms with Gasteiger partial charge in [0.05, 0.1) is 24.4 Å². The number of amides is 2. The van der Waals surface area contributed by atoms with Gasteiger partial charge in [-0.1, -0.05) is 18.2 Å². The third-order valence-corrected chi connectivity index (χ3v) is 7.32. The van der Waals surface area contributed by atoms with Crippen LogP contribution in [0.25, 0.3) is 10.9 Å². The number of hydrogen-bond donors (Lipinski definition) is 2. The number of hydrogen-bond acceptors (Lipinski definition) is 9. The van der Waals surface area contributed by atoms with Gasteiger partial charge in [0.15, 0.2) is 17.3 Å². The number of methoxy groups -OCH3 is 1. The maximum absolute atomic E-state index is 14.6. The van der Waals surface area contributed by atoms with Crippen molar-refractivity contribution < 1.29 is 27.8 Å². The lowest BCUT2D eigenvalue weighted by Gasteiger charge is -2.33. The third kappa shape index (κ3) is 6.45. The lowest BCUT2D eigenvalue weighted by molar-refractivity contribution is -0.144. The zero-order valence-corrected chi connectivity index (χ0v) is 23.5. The van der Waals surface area contributed by atoms with E-state index < -0.39 is 28.6 Å². The summed E-state index contributed by atoms with van der Waals surface area (Å²) in [4.78, 5) is 35.2. The van der Waals surface area contributed by atoms with E-state index in [1.165, 1.54) is 36.2 Å². The first-order chi connectivity index (χ1) is 19.3. The standard InChI is InChI=1S/C27H28ClF2N5O4S/c1-4-23(36)35(9-10-40-3)27(37)20-11-15(7-8-31-20)39-22-12-16-19(13-21(22)38-2)32-14-33-26(16)34-18-6-5-17(29)24(28)25(18)30/h4-6,12-15,20,31H,1,7-11H2,2-3H3,(H,32,33,34)/t15-,20-/m0/s1. The Bertz CT molecular complexity index is 1430. The number of ether oxygens (including phenoxy) is 2. The summed E-state index contributed by atoms with van der Waals surface area (Å²) in [5.41, 5.74) is 0.422. The highest BCUT2D eigenvalue weighted by atomic mass is 35.5. The Kier molecular flexibility index (Phi) is 9.77. The molecule has 3 aromatic rings. The van der Waals surface area contributed by atoms with Crippen LogP contribution in [0.15, 0.2) is 43.2 Å². The zero-order valence-electron chi connectivity index (χ0n) is 21.9. The lowest BCUT2D eigenvalue weighted by atomic mass is 10.0. The molecule has 0 unspecified atom stereocenters. The minimum Gasteiger partial charge on any atom is -0.493 e. The molecule has 0 radical (unpaired) electrons. The molecule has 40 heavy (non-hydrogen) atoms. The Labute approximate surface area is 239 Å². The molecule has 0 aliphatic carbocycles. The lowest BCUT2D eigenvalue weighted by Crippen LogP contribution is -2.54. The van der Waals surface area contributed by atoms with Gasteiger partial charge in [-0.25, -0.2) is 18.7 Å². The Morgan fingerprint density at radius 3 is 2.83 bits per heavy atom. The molecule has 1 aliphatic heterocycles. The maximum Gasteiger partial charge on any atom is 0.252 e. The van der Waals surface area contributed by atoms with E-state index in [4.69, 9.17) is 21.1 Å². The molecule has 2 atom stereocenters. The molecule has 1 saturated heterocycles. The van der Waals surface area contributed by atoms with Crippen LogP contribution >= 0.6 is 23.4 Å². The molecular weight excluding hydrogens is 564 g/mol. The van der Waals surface area contributed by atoms with Gasteiger partial charge in [0.25, 0.3) is 5.91 Å². The summed E-state index contributed by atoms with van der Waals surface area (Å²) in [7, 11) is 1.49. The van der Waals surface area contributed by atoms with Crippen LogP contribution in [-0.2, 0) is 9.59 Å².